The van der Waals surface area contributed by atoms with Crippen molar-refractivity contribution in [1.29, 1.82) is 0 Å². The van der Waals surface area contributed by atoms with Crippen molar-refractivity contribution in [3.05, 3.63) is 187 Å². The van der Waals surface area contributed by atoms with Gasteiger partial charge in [0.1, 0.15) is 11.2 Å². The minimum Gasteiger partial charge on any atom is -0.456 e. The first-order chi connectivity index (χ1) is 29.0. The average Bonchev–Trinajstić information content (AvgIpc) is 3.94. The zero-order chi connectivity index (χ0) is 39.2. The lowest BCUT2D eigenvalue weighted by molar-refractivity contribution is 0.660. The van der Waals surface area contributed by atoms with E-state index < -0.39 is 0 Å². The second-order valence-electron chi connectivity index (χ2n) is 15.9. The maximum atomic E-state index is 6.56. The smallest absolute Gasteiger partial charge is 0.164 e. The van der Waals surface area contributed by atoms with Gasteiger partial charge < -0.3 is 4.42 Å². The van der Waals surface area contributed by atoms with Crippen molar-refractivity contribution in [3.8, 4) is 67.5 Å². The molecule has 0 N–H and O–H groups in total. The Labute approximate surface area is 345 Å². The van der Waals surface area contributed by atoms with Gasteiger partial charge in [-0.3, -0.25) is 0 Å². The van der Waals surface area contributed by atoms with Crippen LogP contribution >= 0.6 is 11.3 Å². The molecular formula is C54H35N3OS. The van der Waals surface area contributed by atoms with Gasteiger partial charge >= 0.3 is 0 Å². The third-order valence-corrected chi connectivity index (χ3v) is 13.3. The van der Waals surface area contributed by atoms with Gasteiger partial charge in [0.25, 0.3) is 0 Å². The summed E-state index contributed by atoms with van der Waals surface area (Å²) in [5, 5.41) is 4.37. The van der Waals surface area contributed by atoms with Crippen molar-refractivity contribution >= 4 is 53.4 Å². The summed E-state index contributed by atoms with van der Waals surface area (Å²) in [6, 6.07) is 62.4. The summed E-state index contributed by atoms with van der Waals surface area (Å²) in [6.45, 7) is 4.67. The van der Waals surface area contributed by atoms with Crippen LogP contribution in [0.1, 0.15) is 25.0 Å². The number of fused-ring (bicyclic) bond motifs is 9. The molecule has 0 saturated heterocycles. The molecule has 8 aromatic carbocycles. The molecule has 0 fully saturated rings. The number of rotatable bonds is 5. The Hall–Kier alpha value is -7.21. The number of nitrogens with zero attached hydrogens (tertiary/aromatic N) is 3. The molecule has 59 heavy (non-hydrogen) atoms. The molecule has 5 heteroatoms. The first-order valence-corrected chi connectivity index (χ1v) is 20.8. The summed E-state index contributed by atoms with van der Waals surface area (Å²) >= 11 is 1.79. The summed E-state index contributed by atoms with van der Waals surface area (Å²) in [7, 11) is 0. The van der Waals surface area contributed by atoms with E-state index in [0.717, 1.165) is 55.1 Å². The SMILES string of the molecule is CC1(C)c2ccccc2-c2c(-c3cccc(-c4ccc5oc6cccc(-c7nc(-c8ccccc8)nc(-c8cccc9sc%10ccccc%10c89)n7)c6c5c4)c3)cccc21. The largest absolute Gasteiger partial charge is 0.456 e. The summed E-state index contributed by atoms with van der Waals surface area (Å²) in [5.74, 6) is 1.87. The molecule has 0 bridgehead atoms. The van der Waals surface area contributed by atoms with Gasteiger partial charge in [0.2, 0.25) is 0 Å². The fourth-order valence-corrected chi connectivity index (χ4v) is 10.5. The van der Waals surface area contributed by atoms with E-state index in [1.807, 2.05) is 30.3 Å². The Morgan fingerprint density at radius 1 is 0.407 bits per heavy atom. The lowest BCUT2D eigenvalue weighted by Gasteiger charge is -2.21. The number of hydrogen-bond donors (Lipinski definition) is 0. The Balaban J connectivity index is 1.03. The minimum absolute atomic E-state index is 0.0581. The molecule has 278 valence electrons. The molecule has 0 saturated carbocycles. The maximum Gasteiger partial charge on any atom is 0.164 e. The van der Waals surface area contributed by atoms with Gasteiger partial charge in [0.05, 0.1) is 0 Å². The van der Waals surface area contributed by atoms with Gasteiger partial charge in [-0.05, 0) is 80.9 Å². The van der Waals surface area contributed by atoms with E-state index in [9.17, 15) is 0 Å². The molecule has 3 aromatic heterocycles. The third kappa shape index (κ3) is 5.25. The van der Waals surface area contributed by atoms with Gasteiger partial charge in [-0.1, -0.05) is 153 Å². The number of thiophene rings is 1. The van der Waals surface area contributed by atoms with Crippen molar-refractivity contribution in [1.82, 2.24) is 15.0 Å². The summed E-state index contributed by atoms with van der Waals surface area (Å²) < 4.78 is 9.00. The zero-order valence-corrected chi connectivity index (χ0v) is 33.2. The van der Waals surface area contributed by atoms with Crippen LogP contribution in [0.3, 0.4) is 0 Å². The molecule has 0 amide bonds. The highest BCUT2D eigenvalue weighted by molar-refractivity contribution is 7.25. The van der Waals surface area contributed by atoms with Gasteiger partial charge in [0.15, 0.2) is 17.5 Å². The van der Waals surface area contributed by atoms with Crippen LogP contribution in [-0.4, -0.2) is 15.0 Å². The Morgan fingerprint density at radius 2 is 1.02 bits per heavy atom. The lowest BCUT2D eigenvalue weighted by atomic mass is 9.82. The van der Waals surface area contributed by atoms with Crippen LogP contribution in [0, 0.1) is 0 Å². The van der Waals surface area contributed by atoms with Gasteiger partial charge in [-0.2, -0.15) is 0 Å². The highest BCUT2D eigenvalue weighted by atomic mass is 32.1. The first kappa shape index (κ1) is 33.9. The van der Waals surface area contributed by atoms with Crippen LogP contribution < -0.4 is 0 Å². The van der Waals surface area contributed by atoms with Crippen LogP contribution in [0.2, 0.25) is 0 Å². The topological polar surface area (TPSA) is 51.8 Å². The molecule has 0 atom stereocenters. The highest BCUT2D eigenvalue weighted by Gasteiger charge is 2.36. The van der Waals surface area contributed by atoms with E-state index in [1.165, 1.54) is 48.2 Å². The normalized spacial score (nSPS) is 13.1. The van der Waals surface area contributed by atoms with E-state index in [2.05, 4.69) is 159 Å². The molecule has 0 radical (unpaired) electrons. The van der Waals surface area contributed by atoms with Crippen LogP contribution in [-0.2, 0) is 5.41 Å². The maximum absolute atomic E-state index is 6.56. The third-order valence-electron chi connectivity index (χ3n) is 12.2. The molecular weight excluding hydrogens is 739 g/mol. The van der Waals surface area contributed by atoms with E-state index in [4.69, 9.17) is 19.4 Å². The molecule has 0 spiro atoms. The van der Waals surface area contributed by atoms with Crippen LogP contribution in [0.25, 0.3) is 110 Å². The molecule has 4 nitrogen and oxygen atoms in total. The predicted octanol–water partition coefficient (Wildman–Crippen LogP) is 14.8. The standard InChI is InChI=1S/C54H35N3OS/c1-54(2)42-23-8-6-18-37(42)48-36(20-11-24-43(48)54)35-17-10-16-33(30-35)34-28-29-44-41(31-34)49-39(21-12-25-45(49)58-44)52-55-51(32-14-4-3-5-15-32)56-53(57-52)40-22-13-27-47-50(40)38-19-7-9-26-46(38)59-47/h3-31H,1-2H3. The highest BCUT2D eigenvalue weighted by Crippen LogP contribution is 2.52. The lowest BCUT2D eigenvalue weighted by Crippen LogP contribution is -2.14. The summed E-state index contributed by atoms with van der Waals surface area (Å²) in [4.78, 5) is 15.6. The van der Waals surface area contributed by atoms with Crippen LogP contribution in [0.5, 0.6) is 0 Å². The van der Waals surface area contributed by atoms with Gasteiger partial charge in [0, 0.05) is 53.1 Å². The molecule has 11 aromatic rings. The van der Waals surface area contributed by atoms with Crippen LogP contribution in [0.4, 0.5) is 0 Å². The fourth-order valence-electron chi connectivity index (χ4n) is 9.35. The van der Waals surface area contributed by atoms with Crippen molar-refractivity contribution in [2.24, 2.45) is 0 Å². The first-order valence-electron chi connectivity index (χ1n) is 20.0. The van der Waals surface area contributed by atoms with Crippen molar-refractivity contribution in [2.75, 3.05) is 0 Å². The summed E-state index contributed by atoms with van der Waals surface area (Å²) in [6.07, 6.45) is 0. The van der Waals surface area contributed by atoms with Crippen molar-refractivity contribution in [3.63, 3.8) is 0 Å². The zero-order valence-electron chi connectivity index (χ0n) is 32.4. The molecule has 1 aliphatic rings. The predicted molar refractivity (Wildman–Crippen MR) is 245 cm³/mol. The quantitative estimate of drug-likeness (QED) is 0.175. The monoisotopic (exact) mass is 773 g/mol. The molecule has 3 heterocycles. The second kappa shape index (κ2) is 12.9. The fraction of sp³-hybridized carbons (Fsp3) is 0.0556. The van der Waals surface area contributed by atoms with Gasteiger partial charge in [-0.15, -0.1) is 11.3 Å². The van der Waals surface area contributed by atoms with Crippen molar-refractivity contribution < 1.29 is 4.42 Å². The van der Waals surface area contributed by atoms with E-state index >= 15 is 0 Å². The second-order valence-corrected chi connectivity index (χ2v) is 17.0. The number of benzene rings is 8. The number of hydrogen-bond acceptors (Lipinski definition) is 5. The van der Waals surface area contributed by atoms with Crippen molar-refractivity contribution in [2.45, 2.75) is 19.3 Å². The number of furan rings is 1. The molecule has 0 aliphatic heterocycles. The van der Waals surface area contributed by atoms with E-state index in [-0.39, 0.29) is 5.41 Å². The average molecular weight is 774 g/mol. The van der Waals surface area contributed by atoms with Gasteiger partial charge in [-0.25, -0.2) is 15.0 Å². The Bertz CT molecular complexity index is 3490. The molecule has 12 rings (SSSR count). The molecule has 0 unspecified atom stereocenters. The molecule has 1 aliphatic carbocycles. The number of aromatic nitrogens is 3. The summed E-state index contributed by atoms with van der Waals surface area (Å²) in [5.41, 5.74) is 14.5. The Kier molecular flexibility index (Phi) is 7.41. The van der Waals surface area contributed by atoms with Crippen LogP contribution in [0.15, 0.2) is 180 Å². The Morgan fingerprint density at radius 3 is 1.90 bits per heavy atom. The minimum atomic E-state index is -0.0581. The van der Waals surface area contributed by atoms with E-state index in [0.29, 0.717) is 17.5 Å². The van der Waals surface area contributed by atoms with E-state index in [1.54, 1.807) is 11.3 Å².